The second-order valence-corrected chi connectivity index (χ2v) is 6.09. The smallest absolute Gasteiger partial charge is 0.336 e. The fourth-order valence-electron chi connectivity index (χ4n) is 2.56. The summed E-state index contributed by atoms with van der Waals surface area (Å²) in [6.45, 7) is 3.92. The first-order valence-electron chi connectivity index (χ1n) is 8.12. The monoisotopic (exact) mass is 353 g/mol. The van der Waals surface area contributed by atoms with Crippen molar-refractivity contribution >= 4 is 22.9 Å². The number of aromatic nitrogens is 2. The van der Waals surface area contributed by atoms with Crippen LogP contribution < -0.4 is 10.5 Å². The minimum absolute atomic E-state index is 0.00151. The fourth-order valence-corrected chi connectivity index (χ4v) is 2.56. The average Bonchev–Trinajstić information content (AvgIpc) is 2.62. The first kappa shape index (κ1) is 17.6. The maximum Gasteiger partial charge on any atom is 0.336 e. The number of carbonyl (C=O) groups is 1. The minimum Gasteiger partial charge on any atom is -0.459 e. The normalized spacial score (nSPS) is 10.7. The van der Waals surface area contributed by atoms with Crippen molar-refractivity contribution in [1.82, 2.24) is 9.97 Å². The number of anilines is 1. The van der Waals surface area contributed by atoms with Gasteiger partial charge in [0.1, 0.15) is 18.7 Å². The zero-order valence-electron chi connectivity index (χ0n) is 14.9. The summed E-state index contributed by atoms with van der Waals surface area (Å²) in [5.74, 6) is -0.00784. The predicted molar refractivity (Wildman–Crippen MR) is 97.1 cm³/mol. The number of esters is 1. The number of benzene rings is 1. The van der Waals surface area contributed by atoms with Crippen LogP contribution in [-0.4, -0.2) is 29.5 Å². The zero-order chi connectivity index (χ0) is 18.7. The third-order valence-electron chi connectivity index (χ3n) is 4.09. The summed E-state index contributed by atoms with van der Waals surface area (Å²) in [7, 11) is 1.70. The van der Waals surface area contributed by atoms with Crippen LogP contribution in [0.3, 0.4) is 0 Å². The molecular formula is C19H19N3O4. The molecule has 0 unspecified atom stereocenters. The lowest BCUT2D eigenvalue weighted by molar-refractivity contribution is -0.143. The number of hydrogen-bond acceptors (Lipinski definition) is 7. The Morgan fingerprint density at radius 3 is 2.58 bits per heavy atom. The van der Waals surface area contributed by atoms with Crippen LogP contribution in [0.25, 0.3) is 11.0 Å². The molecule has 0 spiro atoms. The SMILES string of the molecule is Cc1cc2oc(=O)cc(COC(=O)CN(C)c3ncccn3)c2cc1C. The highest BCUT2D eigenvalue weighted by molar-refractivity contribution is 5.82. The van der Waals surface area contributed by atoms with E-state index in [-0.39, 0.29) is 13.2 Å². The maximum absolute atomic E-state index is 12.1. The summed E-state index contributed by atoms with van der Waals surface area (Å²) in [4.78, 5) is 33.6. The van der Waals surface area contributed by atoms with Crippen molar-refractivity contribution in [2.45, 2.75) is 20.5 Å². The molecule has 0 aliphatic rings. The molecule has 0 atom stereocenters. The number of rotatable bonds is 5. The third-order valence-corrected chi connectivity index (χ3v) is 4.09. The van der Waals surface area contributed by atoms with Gasteiger partial charge in [-0.15, -0.1) is 0 Å². The van der Waals surface area contributed by atoms with E-state index < -0.39 is 11.6 Å². The lowest BCUT2D eigenvalue weighted by Crippen LogP contribution is -2.28. The maximum atomic E-state index is 12.1. The molecule has 2 heterocycles. The molecule has 3 rings (SSSR count). The molecule has 0 N–H and O–H groups in total. The molecule has 3 aromatic rings. The molecule has 0 radical (unpaired) electrons. The van der Waals surface area contributed by atoms with E-state index in [1.807, 2.05) is 26.0 Å². The molecule has 0 saturated carbocycles. The topological polar surface area (TPSA) is 85.5 Å². The van der Waals surface area contributed by atoms with Gasteiger partial charge in [-0.3, -0.25) is 4.79 Å². The van der Waals surface area contributed by atoms with Gasteiger partial charge in [0.05, 0.1) is 0 Å². The van der Waals surface area contributed by atoms with E-state index >= 15 is 0 Å². The van der Waals surface area contributed by atoms with Crippen molar-refractivity contribution < 1.29 is 13.9 Å². The lowest BCUT2D eigenvalue weighted by Gasteiger charge is -2.15. The van der Waals surface area contributed by atoms with Crippen molar-refractivity contribution in [3.05, 3.63) is 63.8 Å². The van der Waals surface area contributed by atoms with Gasteiger partial charge in [-0.2, -0.15) is 0 Å². The molecule has 0 bridgehead atoms. The van der Waals surface area contributed by atoms with Crippen LogP contribution in [0.4, 0.5) is 5.95 Å². The van der Waals surface area contributed by atoms with Crippen molar-refractivity contribution in [3.63, 3.8) is 0 Å². The van der Waals surface area contributed by atoms with Gasteiger partial charge >= 0.3 is 11.6 Å². The molecule has 0 saturated heterocycles. The van der Waals surface area contributed by atoms with Crippen LogP contribution in [0.2, 0.25) is 0 Å². The standard InChI is InChI=1S/C19H19N3O4/c1-12-7-15-14(9-17(23)26-16(15)8-13(12)2)11-25-18(24)10-22(3)19-20-5-4-6-21-19/h4-9H,10-11H2,1-3H3. The summed E-state index contributed by atoms with van der Waals surface area (Å²) in [5.41, 5.74) is 2.73. The molecule has 2 aromatic heterocycles. The Balaban J connectivity index is 1.74. The van der Waals surface area contributed by atoms with Crippen LogP contribution in [-0.2, 0) is 16.1 Å². The highest BCUT2D eigenvalue weighted by Gasteiger charge is 2.13. The Morgan fingerprint density at radius 1 is 1.15 bits per heavy atom. The number of aryl methyl sites for hydroxylation is 2. The Hall–Kier alpha value is -3.22. The van der Waals surface area contributed by atoms with Gasteiger partial charge in [0.25, 0.3) is 0 Å². The van der Waals surface area contributed by atoms with Crippen LogP contribution in [0.15, 0.2) is 45.9 Å². The number of ether oxygens (including phenoxy) is 1. The fraction of sp³-hybridized carbons (Fsp3) is 0.263. The van der Waals surface area contributed by atoms with Crippen LogP contribution >= 0.6 is 0 Å². The molecule has 0 amide bonds. The number of nitrogens with zero attached hydrogens (tertiary/aromatic N) is 3. The molecule has 26 heavy (non-hydrogen) atoms. The highest BCUT2D eigenvalue weighted by atomic mass is 16.5. The Bertz CT molecular complexity index is 999. The van der Waals surface area contributed by atoms with Gasteiger partial charge in [0.2, 0.25) is 5.95 Å². The van der Waals surface area contributed by atoms with Crippen molar-refractivity contribution in [3.8, 4) is 0 Å². The first-order valence-corrected chi connectivity index (χ1v) is 8.12. The number of carbonyl (C=O) groups excluding carboxylic acids is 1. The largest absolute Gasteiger partial charge is 0.459 e. The molecule has 7 heteroatoms. The third kappa shape index (κ3) is 3.88. The van der Waals surface area contributed by atoms with Crippen molar-refractivity contribution in [2.24, 2.45) is 0 Å². The quantitative estimate of drug-likeness (QED) is 0.514. The van der Waals surface area contributed by atoms with E-state index in [1.165, 1.54) is 6.07 Å². The second kappa shape index (κ2) is 7.35. The van der Waals surface area contributed by atoms with Crippen molar-refractivity contribution in [2.75, 3.05) is 18.5 Å². The summed E-state index contributed by atoms with van der Waals surface area (Å²) in [5, 5.41) is 0.764. The van der Waals surface area contributed by atoms with Gasteiger partial charge in [0.15, 0.2) is 0 Å². The van der Waals surface area contributed by atoms with Crippen molar-refractivity contribution in [1.29, 1.82) is 0 Å². The lowest BCUT2D eigenvalue weighted by atomic mass is 10.0. The van der Waals surface area contributed by atoms with Gasteiger partial charge < -0.3 is 14.1 Å². The number of likely N-dealkylation sites (N-methyl/N-ethyl adjacent to an activating group) is 1. The van der Waals surface area contributed by atoms with E-state index in [1.54, 1.807) is 30.4 Å². The van der Waals surface area contributed by atoms with E-state index in [9.17, 15) is 9.59 Å². The van der Waals surface area contributed by atoms with Crippen LogP contribution in [0.1, 0.15) is 16.7 Å². The average molecular weight is 353 g/mol. The summed E-state index contributed by atoms with van der Waals surface area (Å²) in [6, 6.07) is 6.80. The summed E-state index contributed by atoms with van der Waals surface area (Å²) < 4.78 is 10.6. The van der Waals surface area contributed by atoms with Gasteiger partial charge in [0, 0.05) is 36.5 Å². The van der Waals surface area contributed by atoms with Gasteiger partial charge in [-0.05, 0) is 43.2 Å². The molecule has 0 aliphatic heterocycles. The molecular weight excluding hydrogens is 334 g/mol. The van der Waals surface area contributed by atoms with E-state index in [0.717, 1.165) is 16.5 Å². The molecule has 1 aromatic carbocycles. The van der Waals surface area contributed by atoms with Crippen LogP contribution in [0.5, 0.6) is 0 Å². The first-order chi connectivity index (χ1) is 12.4. The summed E-state index contributed by atoms with van der Waals surface area (Å²) >= 11 is 0. The van der Waals surface area contributed by atoms with Gasteiger partial charge in [-0.25, -0.2) is 14.8 Å². The van der Waals surface area contributed by atoms with E-state index in [0.29, 0.717) is 17.1 Å². The number of fused-ring (bicyclic) bond motifs is 1. The Labute approximate surface area is 150 Å². The zero-order valence-corrected chi connectivity index (χ0v) is 14.9. The highest BCUT2D eigenvalue weighted by Crippen LogP contribution is 2.22. The predicted octanol–water partition coefficient (Wildman–Crippen LogP) is 2.38. The molecule has 7 nitrogen and oxygen atoms in total. The van der Waals surface area contributed by atoms with E-state index in [4.69, 9.17) is 9.15 Å². The summed E-state index contributed by atoms with van der Waals surface area (Å²) in [6.07, 6.45) is 3.20. The minimum atomic E-state index is -0.471. The molecule has 0 fully saturated rings. The molecule has 0 aliphatic carbocycles. The van der Waals surface area contributed by atoms with Crippen LogP contribution in [0, 0.1) is 13.8 Å². The molecule has 134 valence electrons. The van der Waals surface area contributed by atoms with Gasteiger partial charge in [-0.1, -0.05) is 0 Å². The Morgan fingerprint density at radius 2 is 1.85 bits per heavy atom. The second-order valence-electron chi connectivity index (χ2n) is 6.09. The van der Waals surface area contributed by atoms with E-state index in [2.05, 4.69) is 9.97 Å². The number of hydrogen-bond donors (Lipinski definition) is 0. The Kier molecular flexibility index (Phi) is 4.97.